The average Bonchev–Trinajstić information content (AvgIpc) is 3.25. The van der Waals surface area contributed by atoms with Crippen LogP contribution in [0.5, 0.6) is 0 Å². The van der Waals surface area contributed by atoms with Gasteiger partial charge >= 0.3 is 0 Å². The van der Waals surface area contributed by atoms with Crippen LogP contribution in [0.4, 0.5) is 0 Å². The van der Waals surface area contributed by atoms with Crippen LogP contribution < -0.4 is 5.32 Å². The molecule has 138 valence electrons. The zero-order chi connectivity index (χ0) is 17.6. The molecule has 0 aliphatic rings. The van der Waals surface area contributed by atoms with E-state index in [0.29, 0.717) is 6.54 Å². The third kappa shape index (κ3) is 5.49. The van der Waals surface area contributed by atoms with Gasteiger partial charge in [-0.25, -0.2) is 9.97 Å². The second-order valence-electron chi connectivity index (χ2n) is 5.61. The SMILES string of the molecule is CN=C(NCc1nc(-c2ccccc2)cs1)N(C)Cc1csc(C)n1.I. The number of halogens is 1. The zero-order valence-electron chi connectivity index (χ0n) is 15.0. The van der Waals surface area contributed by atoms with Gasteiger partial charge < -0.3 is 10.2 Å². The number of guanidine groups is 1. The Morgan fingerprint density at radius 1 is 1.15 bits per heavy atom. The van der Waals surface area contributed by atoms with Gasteiger partial charge in [0.2, 0.25) is 0 Å². The lowest BCUT2D eigenvalue weighted by Crippen LogP contribution is -2.38. The summed E-state index contributed by atoms with van der Waals surface area (Å²) in [5, 5.41) is 9.69. The van der Waals surface area contributed by atoms with E-state index >= 15 is 0 Å². The summed E-state index contributed by atoms with van der Waals surface area (Å²) < 4.78 is 0. The van der Waals surface area contributed by atoms with Crippen LogP contribution in [0.25, 0.3) is 11.3 Å². The molecule has 2 heterocycles. The molecule has 0 radical (unpaired) electrons. The summed E-state index contributed by atoms with van der Waals surface area (Å²) in [4.78, 5) is 15.6. The highest BCUT2D eigenvalue weighted by molar-refractivity contribution is 14.0. The quantitative estimate of drug-likeness (QED) is 0.321. The molecule has 0 unspecified atom stereocenters. The highest BCUT2D eigenvalue weighted by Crippen LogP contribution is 2.21. The number of aryl methyl sites for hydroxylation is 1. The molecule has 3 rings (SSSR count). The van der Waals surface area contributed by atoms with Gasteiger partial charge in [-0.3, -0.25) is 4.99 Å². The number of aromatic nitrogens is 2. The summed E-state index contributed by atoms with van der Waals surface area (Å²) in [6.45, 7) is 3.41. The molecule has 3 aromatic rings. The van der Waals surface area contributed by atoms with Crippen molar-refractivity contribution in [3.8, 4) is 11.3 Å². The fraction of sp³-hybridized carbons (Fsp3) is 0.278. The van der Waals surface area contributed by atoms with Crippen molar-refractivity contribution in [3.63, 3.8) is 0 Å². The normalized spacial score (nSPS) is 11.1. The van der Waals surface area contributed by atoms with E-state index in [1.54, 1.807) is 29.7 Å². The second kappa shape index (κ2) is 9.98. The number of aliphatic imine (C=N–C) groups is 1. The Morgan fingerprint density at radius 3 is 2.58 bits per heavy atom. The first-order chi connectivity index (χ1) is 12.2. The smallest absolute Gasteiger partial charge is 0.194 e. The Labute approximate surface area is 179 Å². The predicted octanol–water partition coefficient (Wildman–Crippen LogP) is 4.40. The van der Waals surface area contributed by atoms with Crippen molar-refractivity contribution in [1.82, 2.24) is 20.2 Å². The van der Waals surface area contributed by atoms with Crippen LogP contribution in [0.2, 0.25) is 0 Å². The molecule has 0 aliphatic heterocycles. The van der Waals surface area contributed by atoms with Crippen molar-refractivity contribution in [1.29, 1.82) is 0 Å². The lowest BCUT2D eigenvalue weighted by atomic mass is 10.2. The molecule has 0 bridgehead atoms. The minimum Gasteiger partial charge on any atom is -0.350 e. The maximum absolute atomic E-state index is 4.71. The molecule has 8 heteroatoms. The van der Waals surface area contributed by atoms with Gasteiger partial charge in [-0.15, -0.1) is 46.7 Å². The number of benzene rings is 1. The Balaban J connectivity index is 0.00000243. The monoisotopic (exact) mass is 499 g/mol. The Bertz CT molecular complexity index is 844. The van der Waals surface area contributed by atoms with Gasteiger partial charge in [0.1, 0.15) is 5.01 Å². The van der Waals surface area contributed by atoms with E-state index in [0.717, 1.165) is 39.5 Å². The van der Waals surface area contributed by atoms with Crippen LogP contribution in [0.15, 0.2) is 46.1 Å². The predicted molar refractivity (Wildman–Crippen MR) is 121 cm³/mol. The average molecular weight is 499 g/mol. The molecular formula is C18H22IN5S2. The molecule has 0 atom stereocenters. The van der Waals surface area contributed by atoms with Gasteiger partial charge in [0.15, 0.2) is 5.96 Å². The molecule has 1 N–H and O–H groups in total. The molecule has 1 aromatic carbocycles. The standard InChI is InChI=1S/C18H21N5S2.HI/c1-13-21-15(11-24-13)10-23(3)18(19-2)20-9-17-22-16(12-25-17)14-7-5-4-6-8-14;/h4-8,11-12H,9-10H2,1-3H3,(H,19,20);1H. The lowest BCUT2D eigenvalue weighted by Gasteiger charge is -2.20. The minimum absolute atomic E-state index is 0. The third-order valence-corrected chi connectivity index (χ3v) is 5.33. The van der Waals surface area contributed by atoms with Crippen molar-refractivity contribution in [2.75, 3.05) is 14.1 Å². The molecule has 0 spiro atoms. The van der Waals surface area contributed by atoms with Crippen molar-refractivity contribution < 1.29 is 0 Å². The number of nitrogens with zero attached hydrogens (tertiary/aromatic N) is 4. The first-order valence-electron chi connectivity index (χ1n) is 7.98. The molecule has 26 heavy (non-hydrogen) atoms. The summed E-state index contributed by atoms with van der Waals surface area (Å²) in [5.41, 5.74) is 3.22. The molecule has 0 saturated heterocycles. The highest BCUT2D eigenvalue weighted by atomic mass is 127. The summed E-state index contributed by atoms with van der Waals surface area (Å²) in [6.07, 6.45) is 0. The number of rotatable bonds is 5. The number of hydrogen-bond donors (Lipinski definition) is 1. The summed E-state index contributed by atoms with van der Waals surface area (Å²) in [5.74, 6) is 0.835. The van der Waals surface area contributed by atoms with Gasteiger partial charge in [0, 0.05) is 30.4 Å². The summed E-state index contributed by atoms with van der Waals surface area (Å²) >= 11 is 3.33. The van der Waals surface area contributed by atoms with Crippen LogP contribution >= 0.6 is 46.7 Å². The van der Waals surface area contributed by atoms with E-state index in [4.69, 9.17) is 4.98 Å². The van der Waals surface area contributed by atoms with E-state index in [1.807, 2.05) is 32.2 Å². The fourth-order valence-electron chi connectivity index (χ4n) is 2.47. The fourth-order valence-corrected chi connectivity index (χ4v) is 3.82. The van der Waals surface area contributed by atoms with Gasteiger partial charge in [-0.05, 0) is 6.92 Å². The van der Waals surface area contributed by atoms with Crippen LogP contribution in [0.3, 0.4) is 0 Å². The largest absolute Gasteiger partial charge is 0.350 e. The van der Waals surface area contributed by atoms with Crippen molar-refractivity contribution in [2.24, 2.45) is 4.99 Å². The van der Waals surface area contributed by atoms with Crippen molar-refractivity contribution in [2.45, 2.75) is 20.0 Å². The van der Waals surface area contributed by atoms with E-state index in [-0.39, 0.29) is 24.0 Å². The highest BCUT2D eigenvalue weighted by Gasteiger charge is 2.10. The Kier molecular flexibility index (Phi) is 7.98. The Morgan fingerprint density at radius 2 is 1.92 bits per heavy atom. The molecule has 5 nitrogen and oxygen atoms in total. The van der Waals surface area contributed by atoms with E-state index in [9.17, 15) is 0 Å². The van der Waals surface area contributed by atoms with Crippen LogP contribution in [-0.4, -0.2) is 34.9 Å². The molecule has 2 aromatic heterocycles. The third-order valence-electron chi connectivity index (χ3n) is 3.66. The van der Waals surface area contributed by atoms with E-state index in [1.165, 1.54) is 0 Å². The van der Waals surface area contributed by atoms with Gasteiger partial charge in [0.05, 0.1) is 29.5 Å². The van der Waals surface area contributed by atoms with Crippen LogP contribution in [-0.2, 0) is 13.1 Å². The number of nitrogens with one attached hydrogen (secondary N) is 1. The first kappa shape index (κ1) is 20.8. The number of thiazole rings is 2. The van der Waals surface area contributed by atoms with Gasteiger partial charge in [-0.2, -0.15) is 0 Å². The van der Waals surface area contributed by atoms with Crippen LogP contribution in [0, 0.1) is 6.92 Å². The summed E-state index contributed by atoms with van der Waals surface area (Å²) in [6, 6.07) is 10.2. The second-order valence-corrected chi connectivity index (χ2v) is 7.61. The molecular weight excluding hydrogens is 477 g/mol. The molecule has 0 aliphatic carbocycles. The number of hydrogen-bond acceptors (Lipinski definition) is 5. The molecule has 0 amide bonds. The van der Waals surface area contributed by atoms with Crippen LogP contribution in [0.1, 0.15) is 15.7 Å². The van der Waals surface area contributed by atoms with Gasteiger partial charge in [0.25, 0.3) is 0 Å². The minimum atomic E-state index is 0. The van der Waals surface area contributed by atoms with Gasteiger partial charge in [-0.1, -0.05) is 30.3 Å². The molecule has 0 fully saturated rings. The molecule has 0 saturated carbocycles. The zero-order valence-corrected chi connectivity index (χ0v) is 18.9. The van der Waals surface area contributed by atoms with Crippen molar-refractivity contribution in [3.05, 3.63) is 56.8 Å². The van der Waals surface area contributed by atoms with E-state index in [2.05, 4.69) is 43.1 Å². The lowest BCUT2D eigenvalue weighted by molar-refractivity contribution is 0.470. The topological polar surface area (TPSA) is 53.4 Å². The first-order valence-corrected chi connectivity index (χ1v) is 9.74. The summed E-state index contributed by atoms with van der Waals surface area (Å²) in [7, 11) is 3.81. The Hall–Kier alpha value is -1.52. The van der Waals surface area contributed by atoms with E-state index < -0.39 is 0 Å². The maximum Gasteiger partial charge on any atom is 0.194 e. The van der Waals surface area contributed by atoms with Crippen molar-refractivity contribution >= 4 is 52.6 Å². The maximum atomic E-state index is 4.71.